The van der Waals surface area contributed by atoms with Crippen LogP contribution in [-0.2, 0) is 33.5 Å². The number of halogens is 3. The minimum Gasteiger partial charge on any atom is -0.453 e. The van der Waals surface area contributed by atoms with Crippen molar-refractivity contribution >= 4 is 22.9 Å². The molecule has 0 aliphatic carbocycles. The summed E-state index contributed by atoms with van der Waals surface area (Å²) in [5, 5.41) is 0. The number of hydrogen-bond acceptors (Lipinski definition) is 5. The van der Waals surface area contributed by atoms with Crippen molar-refractivity contribution in [2.45, 2.75) is 38.6 Å². The standard InChI is InChI=1S/C22H20F3N3O4/c1-13(20(26)30)32-19(29)10-8-16-21(31)28(12-14-5-3-2-4-6-14)18-9-7-15(22(23,24)25)11-17(18)27-16/h2-7,9,11,13H,8,10,12H2,1H3,(H2,26,30). The number of amides is 1. The van der Waals surface area contributed by atoms with Crippen LogP contribution in [-0.4, -0.2) is 27.5 Å². The first kappa shape index (κ1) is 23.0. The molecule has 0 saturated heterocycles. The topological polar surface area (TPSA) is 104 Å². The minimum atomic E-state index is -4.58. The summed E-state index contributed by atoms with van der Waals surface area (Å²) in [6.07, 6.45) is -6.19. The Morgan fingerprint density at radius 1 is 1.16 bits per heavy atom. The lowest BCUT2D eigenvalue weighted by atomic mass is 10.1. The third-order valence-electron chi connectivity index (χ3n) is 4.80. The number of esters is 1. The van der Waals surface area contributed by atoms with Crippen LogP contribution in [0.5, 0.6) is 0 Å². The number of benzene rings is 2. The molecule has 0 aliphatic rings. The van der Waals surface area contributed by atoms with E-state index in [1.165, 1.54) is 17.6 Å². The quantitative estimate of drug-likeness (QED) is 0.561. The van der Waals surface area contributed by atoms with Gasteiger partial charge in [0.25, 0.3) is 11.5 Å². The van der Waals surface area contributed by atoms with Gasteiger partial charge in [0.05, 0.1) is 29.6 Å². The van der Waals surface area contributed by atoms with Gasteiger partial charge in [0.2, 0.25) is 0 Å². The van der Waals surface area contributed by atoms with E-state index < -0.39 is 35.3 Å². The number of carbonyl (C=O) groups excluding carboxylic acids is 2. The van der Waals surface area contributed by atoms with E-state index in [9.17, 15) is 27.6 Å². The molecule has 0 bridgehead atoms. The van der Waals surface area contributed by atoms with Crippen LogP contribution in [0.1, 0.15) is 30.2 Å². The molecular formula is C22H20F3N3O4. The molecule has 0 spiro atoms. The summed E-state index contributed by atoms with van der Waals surface area (Å²) in [5.74, 6) is -1.61. The van der Waals surface area contributed by atoms with Crippen LogP contribution in [0.4, 0.5) is 13.2 Å². The Labute approximate surface area is 180 Å². The summed E-state index contributed by atoms with van der Waals surface area (Å²) in [6.45, 7) is 1.42. The Hall–Kier alpha value is -3.69. The summed E-state index contributed by atoms with van der Waals surface area (Å²) in [4.78, 5) is 40.1. The van der Waals surface area contributed by atoms with Crippen molar-refractivity contribution in [2.24, 2.45) is 5.73 Å². The number of alkyl halides is 3. The Bertz CT molecular complexity index is 1210. The predicted molar refractivity (Wildman–Crippen MR) is 110 cm³/mol. The highest BCUT2D eigenvalue weighted by atomic mass is 19.4. The molecule has 1 unspecified atom stereocenters. The fourth-order valence-electron chi connectivity index (χ4n) is 3.10. The second kappa shape index (κ2) is 9.21. The minimum absolute atomic E-state index is 0.0239. The lowest BCUT2D eigenvalue weighted by Crippen LogP contribution is -2.31. The van der Waals surface area contributed by atoms with E-state index in [4.69, 9.17) is 10.5 Å². The third-order valence-corrected chi connectivity index (χ3v) is 4.80. The maximum Gasteiger partial charge on any atom is 0.416 e. The maximum atomic E-state index is 13.2. The van der Waals surface area contributed by atoms with Gasteiger partial charge in [0, 0.05) is 6.42 Å². The van der Waals surface area contributed by atoms with Gasteiger partial charge in [-0.2, -0.15) is 13.2 Å². The van der Waals surface area contributed by atoms with Crippen molar-refractivity contribution in [2.75, 3.05) is 0 Å². The summed E-state index contributed by atoms with van der Waals surface area (Å²) in [6, 6.07) is 11.9. The number of carbonyl (C=O) groups is 2. The van der Waals surface area contributed by atoms with Gasteiger partial charge in [-0.3, -0.25) is 14.4 Å². The van der Waals surface area contributed by atoms with E-state index in [1.807, 2.05) is 0 Å². The van der Waals surface area contributed by atoms with Crippen LogP contribution in [0.15, 0.2) is 53.3 Å². The highest BCUT2D eigenvalue weighted by molar-refractivity contribution is 5.82. The molecule has 10 heteroatoms. The third kappa shape index (κ3) is 5.32. The Kier molecular flexibility index (Phi) is 6.61. The molecular weight excluding hydrogens is 427 g/mol. The molecule has 1 amide bonds. The van der Waals surface area contributed by atoms with Crippen LogP contribution in [0.2, 0.25) is 0 Å². The molecule has 0 fully saturated rings. The SMILES string of the molecule is CC(OC(=O)CCc1nc2cc(C(F)(F)F)ccc2n(Cc2ccccc2)c1=O)C(N)=O. The number of hydrogen-bond donors (Lipinski definition) is 1. The first-order valence-corrected chi connectivity index (χ1v) is 9.69. The number of nitrogens with two attached hydrogens (primary N) is 1. The molecule has 3 aromatic rings. The van der Waals surface area contributed by atoms with Gasteiger partial charge in [-0.15, -0.1) is 0 Å². The van der Waals surface area contributed by atoms with Crippen LogP contribution < -0.4 is 11.3 Å². The molecule has 0 radical (unpaired) electrons. The molecule has 7 nitrogen and oxygen atoms in total. The van der Waals surface area contributed by atoms with Crippen molar-refractivity contribution in [3.63, 3.8) is 0 Å². The Balaban J connectivity index is 2.01. The number of aromatic nitrogens is 2. The zero-order valence-electron chi connectivity index (χ0n) is 17.1. The van der Waals surface area contributed by atoms with Crippen molar-refractivity contribution in [3.05, 3.63) is 75.7 Å². The van der Waals surface area contributed by atoms with Gasteiger partial charge in [-0.05, 0) is 30.7 Å². The van der Waals surface area contributed by atoms with Gasteiger partial charge >= 0.3 is 12.1 Å². The summed E-state index contributed by atoms with van der Waals surface area (Å²) < 4.78 is 45.7. The van der Waals surface area contributed by atoms with Crippen LogP contribution in [0.25, 0.3) is 11.0 Å². The Morgan fingerprint density at radius 3 is 2.47 bits per heavy atom. The fraction of sp³-hybridized carbons (Fsp3) is 0.273. The normalized spacial score (nSPS) is 12.5. The highest BCUT2D eigenvalue weighted by Crippen LogP contribution is 2.31. The molecule has 32 heavy (non-hydrogen) atoms. The van der Waals surface area contributed by atoms with Gasteiger partial charge in [0.15, 0.2) is 6.10 Å². The molecule has 2 aromatic carbocycles. The lowest BCUT2D eigenvalue weighted by Gasteiger charge is -2.14. The largest absolute Gasteiger partial charge is 0.453 e. The molecule has 0 saturated carbocycles. The lowest BCUT2D eigenvalue weighted by molar-refractivity contribution is -0.153. The predicted octanol–water partition coefficient (Wildman–Crippen LogP) is 2.81. The van der Waals surface area contributed by atoms with Gasteiger partial charge in [-0.25, -0.2) is 4.98 Å². The summed E-state index contributed by atoms with van der Waals surface area (Å²) >= 11 is 0. The van der Waals surface area contributed by atoms with Crippen LogP contribution in [0, 0.1) is 0 Å². The smallest absolute Gasteiger partial charge is 0.416 e. The maximum absolute atomic E-state index is 13.2. The van der Waals surface area contributed by atoms with E-state index in [0.29, 0.717) is 0 Å². The average molecular weight is 447 g/mol. The monoisotopic (exact) mass is 447 g/mol. The van der Waals surface area contributed by atoms with Crippen LogP contribution >= 0.6 is 0 Å². The van der Waals surface area contributed by atoms with Crippen molar-refractivity contribution in [3.8, 4) is 0 Å². The van der Waals surface area contributed by atoms with Crippen molar-refractivity contribution in [1.82, 2.24) is 9.55 Å². The second-order valence-electron chi connectivity index (χ2n) is 7.17. The molecule has 3 rings (SSSR count). The zero-order valence-corrected chi connectivity index (χ0v) is 17.1. The highest BCUT2D eigenvalue weighted by Gasteiger charge is 2.31. The van der Waals surface area contributed by atoms with Crippen LogP contribution in [0.3, 0.4) is 0 Å². The van der Waals surface area contributed by atoms with Crippen molar-refractivity contribution in [1.29, 1.82) is 0 Å². The van der Waals surface area contributed by atoms with E-state index in [-0.39, 0.29) is 36.1 Å². The number of nitrogens with zero attached hydrogens (tertiary/aromatic N) is 2. The summed E-state index contributed by atoms with van der Waals surface area (Å²) in [7, 11) is 0. The first-order valence-electron chi connectivity index (χ1n) is 9.69. The molecule has 0 aliphatic heterocycles. The molecule has 1 aromatic heterocycles. The number of fused-ring (bicyclic) bond motifs is 1. The molecule has 2 N–H and O–H groups in total. The van der Waals surface area contributed by atoms with Gasteiger partial charge < -0.3 is 15.0 Å². The Morgan fingerprint density at radius 2 is 1.84 bits per heavy atom. The van der Waals surface area contributed by atoms with E-state index >= 15 is 0 Å². The molecule has 168 valence electrons. The number of primary amides is 1. The van der Waals surface area contributed by atoms with Gasteiger partial charge in [0.1, 0.15) is 5.69 Å². The summed E-state index contributed by atoms with van der Waals surface area (Å²) in [5.41, 5.74) is 4.51. The zero-order chi connectivity index (χ0) is 23.5. The molecule has 1 heterocycles. The van der Waals surface area contributed by atoms with E-state index in [1.54, 1.807) is 30.3 Å². The number of aryl methyl sites for hydroxylation is 1. The van der Waals surface area contributed by atoms with E-state index in [2.05, 4.69) is 4.98 Å². The number of ether oxygens (including phenoxy) is 1. The van der Waals surface area contributed by atoms with Crippen molar-refractivity contribution < 1.29 is 27.5 Å². The van der Waals surface area contributed by atoms with Gasteiger partial charge in [-0.1, -0.05) is 30.3 Å². The number of rotatable bonds is 7. The first-order chi connectivity index (χ1) is 15.1. The fourth-order valence-corrected chi connectivity index (χ4v) is 3.10. The molecule has 1 atom stereocenters. The average Bonchev–Trinajstić information content (AvgIpc) is 2.74. The van der Waals surface area contributed by atoms with E-state index in [0.717, 1.165) is 17.7 Å². The second-order valence-corrected chi connectivity index (χ2v) is 7.17.